The first-order valence-corrected chi connectivity index (χ1v) is 4.97. The molecule has 78 valence electrons. The Kier molecular flexibility index (Phi) is 3.67. The Morgan fingerprint density at radius 1 is 1.21 bits per heavy atom. The van der Waals surface area contributed by atoms with Gasteiger partial charge in [0.15, 0.2) is 0 Å². The fourth-order valence-electron chi connectivity index (χ4n) is 1.20. The van der Waals surface area contributed by atoms with Gasteiger partial charge in [0.25, 0.3) is 0 Å². The smallest absolute Gasteiger partial charge is 0.0914 e. The SMILES string of the molecule is CC(C)(C)NC[C@H](O)c1ccccc1. The third-order valence-electron chi connectivity index (χ3n) is 2.01. The monoisotopic (exact) mass is 193 g/mol. The highest BCUT2D eigenvalue weighted by Gasteiger charge is 2.12. The van der Waals surface area contributed by atoms with E-state index >= 15 is 0 Å². The minimum Gasteiger partial charge on any atom is -0.387 e. The van der Waals surface area contributed by atoms with Crippen molar-refractivity contribution < 1.29 is 5.11 Å². The molecule has 1 aromatic carbocycles. The first-order chi connectivity index (χ1) is 6.49. The molecule has 2 heteroatoms. The number of hydrogen-bond donors (Lipinski definition) is 2. The van der Waals surface area contributed by atoms with Crippen molar-refractivity contribution in [3.63, 3.8) is 0 Å². The van der Waals surface area contributed by atoms with Gasteiger partial charge in [0.2, 0.25) is 0 Å². The average molecular weight is 193 g/mol. The van der Waals surface area contributed by atoms with Gasteiger partial charge in [-0.25, -0.2) is 0 Å². The summed E-state index contributed by atoms with van der Waals surface area (Å²) in [6, 6.07) is 9.71. The van der Waals surface area contributed by atoms with Crippen LogP contribution in [0.1, 0.15) is 32.4 Å². The van der Waals surface area contributed by atoms with Crippen LogP contribution in [0, 0.1) is 0 Å². The number of β-amino-alcohol motifs (C(OH)–C–C–N with tert-alkyl or cyclic N) is 1. The van der Waals surface area contributed by atoms with E-state index in [0.717, 1.165) is 5.56 Å². The molecule has 1 atom stereocenters. The molecular formula is C12H19NO. The zero-order valence-electron chi connectivity index (χ0n) is 9.12. The maximum absolute atomic E-state index is 9.82. The lowest BCUT2D eigenvalue weighted by Gasteiger charge is -2.23. The van der Waals surface area contributed by atoms with E-state index < -0.39 is 6.10 Å². The summed E-state index contributed by atoms with van der Waals surface area (Å²) in [4.78, 5) is 0. The van der Waals surface area contributed by atoms with E-state index in [2.05, 4.69) is 26.1 Å². The molecule has 0 aromatic heterocycles. The van der Waals surface area contributed by atoms with Crippen LogP contribution in [0.15, 0.2) is 30.3 Å². The van der Waals surface area contributed by atoms with E-state index in [1.54, 1.807) is 0 Å². The largest absolute Gasteiger partial charge is 0.387 e. The highest BCUT2D eigenvalue weighted by Crippen LogP contribution is 2.12. The van der Waals surface area contributed by atoms with Crippen LogP contribution in [-0.4, -0.2) is 17.2 Å². The fraction of sp³-hybridized carbons (Fsp3) is 0.500. The number of nitrogens with one attached hydrogen (secondary N) is 1. The molecule has 0 saturated heterocycles. The van der Waals surface area contributed by atoms with Crippen molar-refractivity contribution in [3.05, 3.63) is 35.9 Å². The Labute approximate surface area is 86.0 Å². The maximum atomic E-state index is 9.82. The van der Waals surface area contributed by atoms with Gasteiger partial charge in [-0.05, 0) is 26.3 Å². The van der Waals surface area contributed by atoms with Gasteiger partial charge in [-0.3, -0.25) is 0 Å². The van der Waals surface area contributed by atoms with Crippen LogP contribution in [0.5, 0.6) is 0 Å². The van der Waals surface area contributed by atoms with Crippen LogP contribution in [0.4, 0.5) is 0 Å². The third kappa shape index (κ3) is 3.90. The van der Waals surface area contributed by atoms with Crippen molar-refractivity contribution in [1.82, 2.24) is 5.32 Å². The van der Waals surface area contributed by atoms with Crippen molar-refractivity contribution in [1.29, 1.82) is 0 Å². The van der Waals surface area contributed by atoms with E-state index in [9.17, 15) is 5.11 Å². The van der Waals surface area contributed by atoms with Gasteiger partial charge in [0.05, 0.1) is 6.10 Å². The minimum absolute atomic E-state index is 0.0513. The zero-order chi connectivity index (χ0) is 10.6. The van der Waals surface area contributed by atoms with Crippen LogP contribution in [0.3, 0.4) is 0 Å². The molecule has 1 aromatic rings. The number of aliphatic hydroxyl groups is 1. The van der Waals surface area contributed by atoms with Gasteiger partial charge in [-0.2, -0.15) is 0 Å². The molecule has 0 fully saturated rings. The Morgan fingerprint density at radius 3 is 2.29 bits per heavy atom. The van der Waals surface area contributed by atoms with Crippen LogP contribution in [0.25, 0.3) is 0 Å². The topological polar surface area (TPSA) is 32.3 Å². The summed E-state index contributed by atoms with van der Waals surface area (Å²) in [5.74, 6) is 0. The van der Waals surface area contributed by atoms with Crippen molar-refractivity contribution >= 4 is 0 Å². The van der Waals surface area contributed by atoms with Crippen LogP contribution >= 0.6 is 0 Å². The summed E-state index contributed by atoms with van der Waals surface area (Å²) in [7, 11) is 0. The number of aliphatic hydroxyl groups excluding tert-OH is 1. The van der Waals surface area contributed by atoms with Gasteiger partial charge in [-0.1, -0.05) is 30.3 Å². The summed E-state index contributed by atoms with van der Waals surface area (Å²) in [6.45, 7) is 6.85. The molecule has 0 aliphatic heterocycles. The predicted octanol–water partition coefficient (Wildman–Crippen LogP) is 2.11. The lowest BCUT2D eigenvalue weighted by atomic mass is 10.1. The summed E-state index contributed by atoms with van der Waals surface area (Å²) in [5, 5.41) is 13.1. The Morgan fingerprint density at radius 2 is 1.79 bits per heavy atom. The lowest BCUT2D eigenvalue weighted by molar-refractivity contribution is 0.163. The van der Waals surface area contributed by atoms with E-state index in [1.165, 1.54) is 0 Å². The maximum Gasteiger partial charge on any atom is 0.0914 e. The number of rotatable bonds is 3. The molecule has 2 N–H and O–H groups in total. The molecule has 0 radical (unpaired) electrons. The Bertz CT molecular complexity index is 263. The van der Waals surface area contributed by atoms with Crippen molar-refractivity contribution in [3.8, 4) is 0 Å². The van der Waals surface area contributed by atoms with Gasteiger partial charge >= 0.3 is 0 Å². The molecule has 0 bridgehead atoms. The van der Waals surface area contributed by atoms with Crippen molar-refractivity contribution in [2.24, 2.45) is 0 Å². The molecule has 2 nitrogen and oxygen atoms in total. The highest BCUT2D eigenvalue weighted by molar-refractivity contribution is 5.17. The molecule has 0 aliphatic carbocycles. The van der Waals surface area contributed by atoms with Crippen molar-refractivity contribution in [2.45, 2.75) is 32.4 Å². The molecule has 0 unspecified atom stereocenters. The average Bonchev–Trinajstić information content (AvgIpc) is 2.14. The summed E-state index contributed by atoms with van der Waals surface area (Å²) >= 11 is 0. The standard InChI is InChI=1S/C12H19NO/c1-12(2,3)13-9-11(14)10-7-5-4-6-8-10/h4-8,11,13-14H,9H2,1-3H3/t11-/m0/s1. The second-order valence-corrected chi connectivity index (χ2v) is 4.56. The van der Waals surface area contributed by atoms with Crippen LogP contribution < -0.4 is 5.32 Å². The van der Waals surface area contributed by atoms with E-state index in [0.29, 0.717) is 6.54 Å². The summed E-state index contributed by atoms with van der Waals surface area (Å²) in [5.41, 5.74) is 1.01. The van der Waals surface area contributed by atoms with Gasteiger partial charge in [0.1, 0.15) is 0 Å². The fourth-order valence-corrected chi connectivity index (χ4v) is 1.20. The quantitative estimate of drug-likeness (QED) is 0.770. The first-order valence-electron chi connectivity index (χ1n) is 4.97. The van der Waals surface area contributed by atoms with Crippen LogP contribution in [0.2, 0.25) is 0 Å². The zero-order valence-corrected chi connectivity index (χ0v) is 9.12. The Hall–Kier alpha value is -0.860. The van der Waals surface area contributed by atoms with Gasteiger partial charge < -0.3 is 10.4 Å². The van der Waals surface area contributed by atoms with Gasteiger partial charge in [-0.15, -0.1) is 0 Å². The number of hydrogen-bond acceptors (Lipinski definition) is 2. The van der Waals surface area contributed by atoms with Crippen molar-refractivity contribution in [2.75, 3.05) is 6.54 Å². The normalized spacial score (nSPS) is 14.0. The predicted molar refractivity (Wildman–Crippen MR) is 59.2 cm³/mol. The van der Waals surface area contributed by atoms with E-state index in [1.807, 2.05) is 30.3 Å². The van der Waals surface area contributed by atoms with E-state index in [-0.39, 0.29) is 5.54 Å². The first kappa shape index (κ1) is 11.2. The molecule has 1 rings (SSSR count). The molecule has 0 amide bonds. The molecule has 14 heavy (non-hydrogen) atoms. The number of benzene rings is 1. The molecule has 0 saturated carbocycles. The lowest BCUT2D eigenvalue weighted by Crippen LogP contribution is -2.38. The highest BCUT2D eigenvalue weighted by atomic mass is 16.3. The summed E-state index contributed by atoms with van der Waals surface area (Å²) < 4.78 is 0. The third-order valence-corrected chi connectivity index (χ3v) is 2.01. The molecular weight excluding hydrogens is 174 g/mol. The summed E-state index contributed by atoms with van der Waals surface area (Å²) in [6.07, 6.45) is -0.421. The minimum atomic E-state index is -0.421. The molecule has 0 heterocycles. The second-order valence-electron chi connectivity index (χ2n) is 4.56. The second kappa shape index (κ2) is 4.58. The van der Waals surface area contributed by atoms with E-state index in [4.69, 9.17) is 0 Å². The van der Waals surface area contributed by atoms with Crippen LogP contribution in [-0.2, 0) is 0 Å². The molecule has 0 aliphatic rings. The molecule has 0 spiro atoms. The van der Waals surface area contributed by atoms with Gasteiger partial charge in [0, 0.05) is 12.1 Å². The Balaban J connectivity index is 2.48.